The van der Waals surface area contributed by atoms with Gasteiger partial charge in [-0.25, -0.2) is 0 Å². The zero-order valence-electron chi connectivity index (χ0n) is 11.3. The summed E-state index contributed by atoms with van der Waals surface area (Å²) in [6.07, 6.45) is 1.70. The SMILES string of the molecule is CCOc1ccc(C(=O)N2CCn3cnnc3C2)cc1. The number of ether oxygens (including phenoxy) is 1. The molecule has 3 rings (SSSR count). The number of rotatable bonds is 3. The van der Waals surface area contributed by atoms with Gasteiger partial charge in [-0.1, -0.05) is 0 Å². The summed E-state index contributed by atoms with van der Waals surface area (Å²) in [6.45, 7) is 4.48. The van der Waals surface area contributed by atoms with E-state index in [1.54, 1.807) is 23.4 Å². The van der Waals surface area contributed by atoms with Crippen molar-refractivity contribution in [2.24, 2.45) is 0 Å². The van der Waals surface area contributed by atoms with E-state index in [0.717, 1.165) is 18.1 Å². The molecule has 1 aromatic carbocycles. The molecule has 1 amide bonds. The second kappa shape index (κ2) is 5.32. The fourth-order valence-corrected chi connectivity index (χ4v) is 2.28. The van der Waals surface area contributed by atoms with Crippen LogP contribution in [-0.2, 0) is 13.1 Å². The number of hydrogen-bond donors (Lipinski definition) is 0. The van der Waals surface area contributed by atoms with Crippen LogP contribution in [-0.4, -0.2) is 38.7 Å². The highest BCUT2D eigenvalue weighted by Crippen LogP contribution is 2.16. The molecule has 1 aliphatic rings. The normalized spacial score (nSPS) is 13.9. The van der Waals surface area contributed by atoms with Crippen LogP contribution in [0.4, 0.5) is 0 Å². The molecule has 2 aromatic rings. The number of carbonyl (C=O) groups excluding carboxylic acids is 1. The molecule has 0 unspecified atom stereocenters. The highest BCUT2D eigenvalue weighted by atomic mass is 16.5. The van der Waals surface area contributed by atoms with Crippen LogP contribution in [0.5, 0.6) is 5.75 Å². The van der Waals surface area contributed by atoms with E-state index in [1.807, 2.05) is 23.6 Å². The predicted molar refractivity (Wildman–Crippen MR) is 72.4 cm³/mol. The summed E-state index contributed by atoms with van der Waals surface area (Å²) < 4.78 is 7.35. The number of carbonyl (C=O) groups is 1. The Labute approximate surface area is 117 Å². The number of amides is 1. The molecule has 0 fully saturated rings. The van der Waals surface area contributed by atoms with Crippen LogP contribution < -0.4 is 4.74 Å². The first-order valence-electron chi connectivity index (χ1n) is 6.66. The average Bonchev–Trinajstić information content (AvgIpc) is 2.95. The Kier molecular flexibility index (Phi) is 3.37. The van der Waals surface area contributed by atoms with E-state index in [2.05, 4.69) is 10.2 Å². The first kappa shape index (κ1) is 12.7. The van der Waals surface area contributed by atoms with Crippen LogP contribution in [0.1, 0.15) is 23.1 Å². The molecule has 0 aliphatic carbocycles. The van der Waals surface area contributed by atoms with Crippen molar-refractivity contribution in [3.8, 4) is 5.75 Å². The van der Waals surface area contributed by atoms with Gasteiger partial charge in [0.05, 0.1) is 13.2 Å². The third kappa shape index (κ3) is 2.36. The molecule has 20 heavy (non-hydrogen) atoms. The van der Waals surface area contributed by atoms with Gasteiger partial charge < -0.3 is 14.2 Å². The lowest BCUT2D eigenvalue weighted by atomic mass is 10.2. The maximum atomic E-state index is 12.4. The molecule has 6 nitrogen and oxygen atoms in total. The van der Waals surface area contributed by atoms with E-state index in [0.29, 0.717) is 25.3 Å². The van der Waals surface area contributed by atoms with Crippen LogP contribution in [0.25, 0.3) is 0 Å². The zero-order valence-corrected chi connectivity index (χ0v) is 11.3. The van der Waals surface area contributed by atoms with E-state index in [1.165, 1.54) is 0 Å². The number of nitrogens with zero attached hydrogens (tertiary/aromatic N) is 4. The van der Waals surface area contributed by atoms with Crippen molar-refractivity contribution >= 4 is 5.91 Å². The third-order valence-electron chi connectivity index (χ3n) is 3.34. The Morgan fingerprint density at radius 2 is 2.10 bits per heavy atom. The molecular weight excluding hydrogens is 256 g/mol. The Hall–Kier alpha value is -2.37. The maximum absolute atomic E-state index is 12.4. The first-order valence-corrected chi connectivity index (χ1v) is 6.66. The molecule has 0 saturated carbocycles. The van der Waals surface area contributed by atoms with E-state index >= 15 is 0 Å². The van der Waals surface area contributed by atoms with E-state index in [4.69, 9.17) is 4.74 Å². The molecule has 0 bridgehead atoms. The van der Waals surface area contributed by atoms with Gasteiger partial charge in [-0.05, 0) is 31.2 Å². The van der Waals surface area contributed by atoms with Gasteiger partial charge in [0, 0.05) is 18.7 Å². The van der Waals surface area contributed by atoms with Crippen LogP contribution in [0.3, 0.4) is 0 Å². The van der Waals surface area contributed by atoms with Gasteiger partial charge in [-0.2, -0.15) is 0 Å². The molecule has 1 aliphatic heterocycles. The van der Waals surface area contributed by atoms with Gasteiger partial charge in [0.25, 0.3) is 5.91 Å². The predicted octanol–water partition coefficient (Wildman–Crippen LogP) is 1.33. The number of benzene rings is 1. The molecule has 0 radical (unpaired) electrons. The molecule has 104 valence electrons. The molecule has 0 atom stereocenters. The fourth-order valence-electron chi connectivity index (χ4n) is 2.28. The summed E-state index contributed by atoms with van der Waals surface area (Å²) in [5.74, 6) is 1.63. The third-order valence-corrected chi connectivity index (χ3v) is 3.34. The van der Waals surface area contributed by atoms with Crippen LogP contribution in [0.15, 0.2) is 30.6 Å². The Balaban J connectivity index is 1.73. The average molecular weight is 272 g/mol. The summed E-state index contributed by atoms with van der Waals surface area (Å²) in [4.78, 5) is 14.2. The van der Waals surface area contributed by atoms with Crippen LogP contribution in [0.2, 0.25) is 0 Å². The van der Waals surface area contributed by atoms with Gasteiger partial charge >= 0.3 is 0 Å². The van der Waals surface area contributed by atoms with E-state index in [-0.39, 0.29) is 5.91 Å². The van der Waals surface area contributed by atoms with Crippen molar-refractivity contribution in [1.82, 2.24) is 19.7 Å². The summed E-state index contributed by atoms with van der Waals surface area (Å²) in [7, 11) is 0. The van der Waals surface area contributed by atoms with Crippen LogP contribution in [0, 0.1) is 0 Å². The first-order chi connectivity index (χ1) is 9.78. The number of fused-ring (bicyclic) bond motifs is 1. The highest BCUT2D eigenvalue weighted by Gasteiger charge is 2.22. The molecular formula is C14H16N4O2. The Morgan fingerprint density at radius 1 is 1.30 bits per heavy atom. The van der Waals surface area contributed by atoms with E-state index < -0.39 is 0 Å². The van der Waals surface area contributed by atoms with Gasteiger partial charge in [0.15, 0.2) is 5.82 Å². The highest BCUT2D eigenvalue weighted by molar-refractivity contribution is 5.94. The fraction of sp³-hybridized carbons (Fsp3) is 0.357. The Morgan fingerprint density at radius 3 is 2.85 bits per heavy atom. The summed E-state index contributed by atoms with van der Waals surface area (Å²) in [6, 6.07) is 7.24. The zero-order chi connectivity index (χ0) is 13.9. The lowest BCUT2D eigenvalue weighted by Gasteiger charge is -2.27. The smallest absolute Gasteiger partial charge is 0.254 e. The van der Waals surface area contributed by atoms with Crippen LogP contribution >= 0.6 is 0 Å². The summed E-state index contributed by atoms with van der Waals surface area (Å²) in [5.41, 5.74) is 0.668. The van der Waals surface area contributed by atoms with Gasteiger partial charge in [0.2, 0.25) is 0 Å². The van der Waals surface area contributed by atoms with Gasteiger partial charge in [-0.3, -0.25) is 4.79 Å². The van der Waals surface area contributed by atoms with Gasteiger partial charge in [-0.15, -0.1) is 10.2 Å². The minimum atomic E-state index is 0.0160. The minimum Gasteiger partial charge on any atom is -0.494 e. The molecule has 0 spiro atoms. The van der Waals surface area contributed by atoms with Crippen molar-refractivity contribution < 1.29 is 9.53 Å². The second-order valence-electron chi connectivity index (χ2n) is 4.62. The van der Waals surface area contributed by atoms with Gasteiger partial charge in [0.1, 0.15) is 12.1 Å². The van der Waals surface area contributed by atoms with Crippen molar-refractivity contribution in [1.29, 1.82) is 0 Å². The van der Waals surface area contributed by atoms with E-state index in [9.17, 15) is 4.79 Å². The van der Waals surface area contributed by atoms with Crippen molar-refractivity contribution in [3.63, 3.8) is 0 Å². The monoisotopic (exact) mass is 272 g/mol. The minimum absolute atomic E-state index is 0.0160. The summed E-state index contributed by atoms with van der Waals surface area (Å²) in [5, 5.41) is 7.88. The largest absolute Gasteiger partial charge is 0.494 e. The number of aromatic nitrogens is 3. The second-order valence-corrected chi connectivity index (χ2v) is 4.62. The Bertz CT molecular complexity index is 606. The van der Waals surface area contributed by atoms with Crippen molar-refractivity contribution in [2.45, 2.75) is 20.0 Å². The molecule has 1 aromatic heterocycles. The summed E-state index contributed by atoms with van der Waals surface area (Å²) >= 11 is 0. The topological polar surface area (TPSA) is 60.2 Å². The molecule has 0 saturated heterocycles. The quantitative estimate of drug-likeness (QED) is 0.846. The molecule has 6 heteroatoms. The van der Waals surface area contributed by atoms with Crippen molar-refractivity contribution in [2.75, 3.05) is 13.2 Å². The standard InChI is InChI=1S/C14H16N4O2/c1-2-20-12-5-3-11(4-6-12)14(19)17-7-8-18-10-15-16-13(18)9-17/h3-6,10H,2,7-9H2,1H3. The lowest BCUT2D eigenvalue weighted by Crippen LogP contribution is -2.38. The van der Waals surface area contributed by atoms with Crippen molar-refractivity contribution in [3.05, 3.63) is 42.0 Å². The molecule has 0 N–H and O–H groups in total. The molecule has 2 heterocycles. The maximum Gasteiger partial charge on any atom is 0.254 e. The number of hydrogen-bond acceptors (Lipinski definition) is 4. The lowest BCUT2D eigenvalue weighted by molar-refractivity contribution is 0.0707.